The molecule has 6 heteroatoms. The fourth-order valence-corrected chi connectivity index (χ4v) is 3.12. The molecule has 1 heterocycles. The lowest BCUT2D eigenvalue weighted by Gasteiger charge is -2.28. The summed E-state index contributed by atoms with van der Waals surface area (Å²) < 4.78 is 6.24. The van der Waals surface area contributed by atoms with Crippen LogP contribution in [0.2, 0.25) is 0 Å². The molecule has 2 N–H and O–H groups in total. The molecule has 23 heavy (non-hydrogen) atoms. The number of hydrogen-bond donors (Lipinski definition) is 2. The van der Waals surface area contributed by atoms with Gasteiger partial charge in [-0.2, -0.15) is 0 Å². The third kappa shape index (κ3) is 5.32. The number of carbonyl (C=O) groups is 2. The van der Waals surface area contributed by atoms with Crippen molar-refractivity contribution in [3.8, 4) is 0 Å². The first-order valence-corrected chi connectivity index (χ1v) is 8.62. The molecule has 126 valence electrons. The Morgan fingerprint density at radius 2 is 1.91 bits per heavy atom. The molecule has 2 rings (SSSR count). The highest BCUT2D eigenvalue weighted by atomic mass is 79.9. The zero-order valence-corrected chi connectivity index (χ0v) is 14.7. The van der Waals surface area contributed by atoms with Crippen LogP contribution in [0, 0.1) is 11.8 Å². The first-order valence-electron chi connectivity index (χ1n) is 7.82. The van der Waals surface area contributed by atoms with Crippen molar-refractivity contribution in [2.45, 2.75) is 32.2 Å². The largest absolute Gasteiger partial charge is 0.481 e. The van der Waals surface area contributed by atoms with Gasteiger partial charge in [-0.25, -0.2) is 0 Å². The average molecular weight is 384 g/mol. The predicted octanol–water partition coefficient (Wildman–Crippen LogP) is 3.14. The van der Waals surface area contributed by atoms with Crippen molar-refractivity contribution in [3.63, 3.8) is 0 Å². The Morgan fingerprint density at radius 1 is 1.30 bits per heavy atom. The number of nitrogens with one attached hydrogen (secondary N) is 1. The third-order valence-corrected chi connectivity index (χ3v) is 4.88. The number of ether oxygens (including phenoxy) is 1. The molecular formula is C17H22BrNO4. The van der Waals surface area contributed by atoms with Crippen LogP contribution in [0.4, 0.5) is 0 Å². The van der Waals surface area contributed by atoms with Gasteiger partial charge in [-0.3, -0.25) is 9.59 Å². The molecule has 2 atom stereocenters. The predicted molar refractivity (Wildman–Crippen MR) is 90.0 cm³/mol. The van der Waals surface area contributed by atoms with Crippen molar-refractivity contribution in [3.05, 3.63) is 34.3 Å². The Labute approximate surface area is 144 Å². The van der Waals surface area contributed by atoms with E-state index in [-0.39, 0.29) is 18.2 Å². The molecule has 0 aromatic heterocycles. The van der Waals surface area contributed by atoms with Gasteiger partial charge >= 0.3 is 5.97 Å². The van der Waals surface area contributed by atoms with Crippen LogP contribution in [0.5, 0.6) is 0 Å². The van der Waals surface area contributed by atoms with Crippen LogP contribution >= 0.6 is 15.9 Å². The van der Waals surface area contributed by atoms with Gasteiger partial charge in [0.05, 0.1) is 12.5 Å². The highest BCUT2D eigenvalue weighted by Gasteiger charge is 2.28. The first-order chi connectivity index (χ1) is 11.0. The molecule has 1 fully saturated rings. The van der Waals surface area contributed by atoms with E-state index in [0.717, 1.165) is 22.9 Å². The van der Waals surface area contributed by atoms with Gasteiger partial charge in [0, 0.05) is 23.6 Å². The lowest BCUT2D eigenvalue weighted by atomic mass is 9.86. The summed E-state index contributed by atoms with van der Waals surface area (Å²) in [6.07, 6.45) is 1.61. The highest BCUT2D eigenvalue weighted by molar-refractivity contribution is 9.10. The van der Waals surface area contributed by atoms with Crippen LogP contribution in [0.25, 0.3) is 0 Å². The molecule has 1 saturated heterocycles. The lowest BCUT2D eigenvalue weighted by Crippen LogP contribution is -2.38. The Kier molecular flexibility index (Phi) is 6.59. The summed E-state index contributed by atoms with van der Waals surface area (Å²) in [4.78, 5) is 23.6. The number of aliphatic carboxylic acids is 1. The number of amides is 1. The van der Waals surface area contributed by atoms with Crippen LogP contribution in [0.15, 0.2) is 28.7 Å². The topological polar surface area (TPSA) is 75.6 Å². The molecular weight excluding hydrogens is 362 g/mol. The summed E-state index contributed by atoms with van der Waals surface area (Å²) >= 11 is 3.36. The molecule has 1 aromatic rings. The van der Waals surface area contributed by atoms with E-state index < -0.39 is 12.0 Å². The Bertz CT molecular complexity index is 540. The number of benzene rings is 1. The van der Waals surface area contributed by atoms with E-state index in [9.17, 15) is 9.59 Å². The van der Waals surface area contributed by atoms with E-state index >= 15 is 0 Å². The van der Waals surface area contributed by atoms with Gasteiger partial charge < -0.3 is 15.2 Å². The quantitative estimate of drug-likeness (QED) is 0.790. The minimum atomic E-state index is -0.933. The summed E-state index contributed by atoms with van der Waals surface area (Å²) in [5.41, 5.74) is 0.795. The van der Waals surface area contributed by atoms with E-state index in [1.165, 1.54) is 0 Å². The average Bonchev–Trinajstić information content (AvgIpc) is 2.54. The maximum Gasteiger partial charge on any atom is 0.305 e. The summed E-state index contributed by atoms with van der Waals surface area (Å²) in [6, 6.07) is 6.83. The van der Waals surface area contributed by atoms with Crippen molar-refractivity contribution in [1.29, 1.82) is 0 Å². The number of rotatable bonds is 6. The maximum absolute atomic E-state index is 12.5. The molecule has 0 aliphatic carbocycles. The molecule has 1 aliphatic rings. The number of carbonyl (C=O) groups excluding carboxylic acids is 1. The van der Waals surface area contributed by atoms with Gasteiger partial charge in [-0.05, 0) is 36.5 Å². The van der Waals surface area contributed by atoms with Gasteiger partial charge in [0.15, 0.2) is 0 Å². The number of halogens is 1. The van der Waals surface area contributed by atoms with Gasteiger partial charge in [0.2, 0.25) is 5.91 Å². The summed E-state index contributed by atoms with van der Waals surface area (Å²) in [6.45, 7) is 3.28. The second kappa shape index (κ2) is 8.45. The third-order valence-electron chi connectivity index (χ3n) is 4.35. The normalized spacial score (nSPS) is 18.2. The van der Waals surface area contributed by atoms with Crippen LogP contribution in [-0.2, 0) is 14.3 Å². The second-order valence-electron chi connectivity index (χ2n) is 5.95. The molecule has 1 aromatic carbocycles. The van der Waals surface area contributed by atoms with Crippen molar-refractivity contribution in [2.75, 3.05) is 13.2 Å². The molecule has 1 aliphatic heterocycles. The van der Waals surface area contributed by atoms with Crippen LogP contribution in [0.3, 0.4) is 0 Å². The molecule has 1 amide bonds. The molecule has 5 nitrogen and oxygen atoms in total. The van der Waals surface area contributed by atoms with Crippen molar-refractivity contribution < 1.29 is 19.4 Å². The monoisotopic (exact) mass is 383 g/mol. The number of carboxylic acid groups (broad SMARTS) is 1. The Balaban J connectivity index is 2.05. The zero-order chi connectivity index (χ0) is 16.8. The zero-order valence-electron chi connectivity index (χ0n) is 13.1. The van der Waals surface area contributed by atoms with E-state index in [0.29, 0.717) is 19.1 Å². The molecule has 0 saturated carbocycles. The second-order valence-corrected chi connectivity index (χ2v) is 6.86. The first kappa shape index (κ1) is 17.9. The SMILES string of the molecule is CC(C(=O)NC(CC(=O)O)c1ccc(Br)cc1)C1CCOCC1. The summed E-state index contributed by atoms with van der Waals surface area (Å²) in [5.74, 6) is -0.882. The van der Waals surface area contributed by atoms with Crippen molar-refractivity contribution in [2.24, 2.45) is 11.8 Å². The molecule has 0 radical (unpaired) electrons. The lowest BCUT2D eigenvalue weighted by molar-refractivity contribution is -0.138. The van der Waals surface area contributed by atoms with Gasteiger partial charge in [-0.15, -0.1) is 0 Å². The maximum atomic E-state index is 12.5. The van der Waals surface area contributed by atoms with Gasteiger partial charge in [-0.1, -0.05) is 35.0 Å². The minimum Gasteiger partial charge on any atom is -0.481 e. The van der Waals surface area contributed by atoms with Gasteiger partial charge in [0.25, 0.3) is 0 Å². The van der Waals surface area contributed by atoms with Gasteiger partial charge in [0.1, 0.15) is 0 Å². The fraction of sp³-hybridized carbons (Fsp3) is 0.529. The van der Waals surface area contributed by atoms with E-state index in [4.69, 9.17) is 9.84 Å². The van der Waals surface area contributed by atoms with E-state index in [2.05, 4.69) is 21.2 Å². The molecule has 2 unspecified atom stereocenters. The van der Waals surface area contributed by atoms with Crippen molar-refractivity contribution in [1.82, 2.24) is 5.32 Å². The number of hydrogen-bond acceptors (Lipinski definition) is 3. The molecule has 0 spiro atoms. The van der Waals surface area contributed by atoms with Crippen LogP contribution in [0.1, 0.15) is 37.8 Å². The smallest absolute Gasteiger partial charge is 0.305 e. The molecule has 0 bridgehead atoms. The van der Waals surface area contributed by atoms with E-state index in [1.54, 1.807) is 0 Å². The minimum absolute atomic E-state index is 0.0916. The Morgan fingerprint density at radius 3 is 2.48 bits per heavy atom. The highest BCUT2D eigenvalue weighted by Crippen LogP contribution is 2.26. The van der Waals surface area contributed by atoms with Crippen LogP contribution in [-0.4, -0.2) is 30.2 Å². The van der Waals surface area contributed by atoms with E-state index in [1.807, 2.05) is 31.2 Å². The van der Waals surface area contributed by atoms with Crippen molar-refractivity contribution >= 4 is 27.8 Å². The standard InChI is InChI=1S/C17H22BrNO4/c1-11(12-6-8-23-9-7-12)17(22)19-15(10-16(20)21)13-2-4-14(18)5-3-13/h2-5,11-12,15H,6-10H2,1H3,(H,19,22)(H,20,21). The number of carboxylic acids is 1. The summed E-state index contributed by atoms with van der Waals surface area (Å²) in [7, 11) is 0. The fourth-order valence-electron chi connectivity index (χ4n) is 2.85. The van der Waals surface area contributed by atoms with Crippen LogP contribution < -0.4 is 5.32 Å². The summed E-state index contributed by atoms with van der Waals surface area (Å²) in [5, 5.41) is 12.0. The Hall–Kier alpha value is -1.40.